The Hall–Kier alpha value is -3.48. The van der Waals surface area contributed by atoms with E-state index >= 15 is 0 Å². The topological polar surface area (TPSA) is 96.2 Å². The van der Waals surface area contributed by atoms with E-state index in [0.29, 0.717) is 41.4 Å². The van der Waals surface area contributed by atoms with Crippen LogP contribution in [-0.2, 0) is 4.79 Å². The second-order valence-electron chi connectivity index (χ2n) is 5.73. The Bertz CT molecular complexity index is 1030. The van der Waals surface area contributed by atoms with E-state index in [4.69, 9.17) is 9.47 Å². The number of ether oxygens (including phenoxy) is 2. The number of nitrogens with one attached hydrogen (secondary N) is 3. The minimum Gasteiger partial charge on any atom is -0.490 e. The van der Waals surface area contributed by atoms with Gasteiger partial charge >= 0.3 is 5.69 Å². The molecular formula is C20H21N3O4. The Balaban J connectivity index is 1.71. The molecule has 0 aliphatic rings. The summed E-state index contributed by atoms with van der Waals surface area (Å²) < 4.78 is 11.1. The number of fused-ring (bicyclic) bond motifs is 1. The average Bonchev–Trinajstić information content (AvgIpc) is 3.01. The van der Waals surface area contributed by atoms with Crippen LogP contribution in [0.15, 0.2) is 47.3 Å². The molecule has 0 fully saturated rings. The summed E-state index contributed by atoms with van der Waals surface area (Å²) in [5.41, 5.74) is 2.45. The van der Waals surface area contributed by atoms with Gasteiger partial charge in [0.1, 0.15) is 0 Å². The Kier molecular flexibility index (Phi) is 5.61. The number of anilines is 1. The molecule has 140 valence electrons. The second-order valence-corrected chi connectivity index (χ2v) is 5.73. The lowest BCUT2D eigenvalue weighted by molar-refractivity contribution is -0.111. The van der Waals surface area contributed by atoms with Gasteiger partial charge in [-0.1, -0.05) is 6.07 Å². The Labute approximate surface area is 156 Å². The van der Waals surface area contributed by atoms with Crippen molar-refractivity contribution >= 4 is 28.7 Å². The van der Waals surface area contributed by atoms with Crippen LogP contribution in [0, 0.1) is 0 Å². The summed E-state index contributed by atoms with van der Waals surface area (Å²) in [5, 5.41) is 2.77. The number of hydrogen-bond acceptors (Lipinski definition) is 4. The van der Waals surface area contributed by atoms with Crippen molar-refractivity contribution in [3.8, 4) is 11.5 Å². The lowest BCUT2D eigenvalue weighted by Crippen LogP contribution is -2.07. The van der Waals surface area contributed by atoms with E-state index in [0.717, 1.165) is 5.56 Å². The highest BCUT2D eigenvalue weighted by Crippen LogP contribution is 2.29. The van der Waals surface area contributed by atoms with Crippen molar-refractivity contribution in [2.24, 2.45) is 0 Å². The largest absolute Gasteiger partial charge is 0.490 e. The Morgan fingerprint density at radius 2 is 1.74 bits per heavy atom. The molecule has 0 unspecified atom stereocenters. The quantitative estimate of drug-likeness (QED) is 0.558. The van der Waals surface area contributed by atoms with Gasteiger partial charge in [-0.3, -0.25) is 4.79 Å². The van der Waals surface area contributed by atoms with Crippen molar-refractivity contribution in [1.29, 1.82) is 0 Å². The molecule has 27 heavy (non-hydrogen) atoms. The SMILES string of the molecule is CCOc1ccc(/C=C/C(=O)Nc2ccc3[nH]c(=O)[nH]c3c2)cc1OCC. The molecule has 1 aromatic heterocycles. The first-order valence-electron chi connectivity index (χ1n) is 8.69. The normalized spacial score (nSPS) is 11.0. The van der Waals surface area contributed by atoms with E-state index in [-0.39, 0.29) is 11.6 Å². The number of aromatic nitrogens is 2. The van der Waals surface area contributed by atoms with Crippen molar-refractivity contribution in [2.45, 2.75) is 13.8 Å². The van der Waals surface area contributed by atoms with Gasteiger partial charge in [-0.25, -0.2) is 4.79 Å². The van der Waals surface area contributed by atoms with E-state index in [9.17, 15) is 9.59 Å². The highest BCUT2D eigenvalue weighted by molar-refractivity contribution is 6.02. The summed E-state index contributed by atoms with van der Waals surface area (Å²) in [4.78, 5) is 28.8. The van der Waals surface area contributed by atoms with Crippen molar-refractivity contribution in [3.05, 3.63) is 58.5 Å². The molecule has 0 bridgehead atoms. The minimum absolute atomic E-state index is 0.279. The first-order valence-corrected chi connectivity index (χ1v) is 8.69. The van der Waals surface area contributed by atoms with Crippen molar-refractivity contribution < 1.29 is 14.3 Å². The first-order chi connectivity index (χ1) is 13.1. The second kappa shape index (κ2) is 8.27. The maximum atomic E-state index is 12.2. The van der Waals surface area contributed by atoms with Gasteiger partial charge < -0.3 is 24.8 Å². The van der Waals surface area contributed by atoms with E-state index in [2.05, 4.69) is 15.3 Å². The number of imidazole rings is 1. The number of benzene rings is 2. The van der Waals surface area contributed by atoms with E-state index in [1.165, 1.54) is 6.08 Å². The third-order valence-electron chi connectivity index (χ3n) is 3.78. The van der Waals surface area contributed by atoms with E-state index in [1.807, 2.05) is 32.0 Å². The van der Waals surface area contributed by atoms with E-state index in [1.54, 1.807) is 24.3 Å². The first kappa shape index (κ1) is 18.3. The minimum atomic E-state index is -0.283. The maximum absolute atomic E-state index is 12.2. The molecule has 0 aliphatic carbocycles. The van der Waals surface area contributed by atoms with Crippen LogP contribution in [-0.4, -0.2) is 29.1 Å². The number of rotatable bonds is 7. The molecule has 2 aromatic carbocycles. The molecule has 3 aromatic rings. The lowest BCUT2D eigenvalue weighted by Gasteiger charge is -2.11. The number of carbonyl (C=O) groups excluding carboxylic acids is 1. The fourth-order valence-corrected chi connectivity index (χ4v) is 2.64. The zero-order chi connectivity index (χ0) is 19.2. The molecule has 3 rings (SSSR count). The van der Waals surface area contributed by atoms with Gasteiger partial charge in [-0.2, -0.15) is 0 Å². The molecule has 0 saturated heterocycles. The fourth-order valence-electron chi connectivity index (χ4n) is 2.64. The van der Waals surface area contributed by atoms with Gasteiger partial charge in [0, 0.05) is 11.8 Å². The molecule has 0 saturated carbocycles. The molecule has 1 heterocycles. The van der Waals surface area contributed by atoms with Crippen LogP contribution in [0.5, 0.6) is 11.5 Å². The zero-order valence-electron chi connectivity index (χ0n) is 15.2. The molecule has 0 radical (unpaired) electrons. The van der Waals surface area contributed by atoms with Gasteiger partial charge in [0.25, 0.3) is 0 Å². The molecule has 0 atom stereocenters. The van der Waals surface area contributed by atoms with Crippen LogP contribution < -0.4 is 20.5 Å². The fraction of sp³-hybridized carbons (Fsp3) is 0.200. The third kappa shape index (κ3) is 4.58. The third-order valence-corrected chi connectivity index (χ3v) is 3.78. The molecule has 7 nitrogen and oxygen atoms in total. The maximum Gasteiger partial charge on any atom is 0.323 e. The van der Waals surface area contributed by atoms with Gasteiger partial charge in [0.2, 0.25) is 5.91 Å². The molecule has 7 heteroatoms. The summed E-state index contributed by atoms with van der Waals surface area (Å²) in [6, 6.07) is 10.7. The van der Waals surface area contributed by atoms with Gasteiger partial charge in [-0.05, 0) is 55.8 Å². The van der Waals surface area contributed by atoms with Gasteiger partial charge in [0.15, 0.2) is 11.5 Å². The smallest absolute Gasteiger partial charge is 0.323 e. The molecule has 1 amide bonds. The monoisotopic (exact) mass is 367 g/mol. The molecular weight excluding hydrogens is 346 g/mol. The van der Waals surface area contributed by atoms with Gasteiger partial charge in [-0.15, -0.1) is 0 Å². The summed E-state index contributed by atoms with van der Waals surface area (Å²) in [6.45, 7) is 4.89. The Morgan fingerprint density at radius 1 is 1.00 bits per heavy atom. The summed E-state index contributed by atoms with van der Waals surface area (Å²) >= 11 is 0. The van der Waals surface area contributed by atoms with Crippen LogP contribution in [0.2, 0.25) is 0 Å². The average molecular weight is 367 g/mol. The van der Waals surface area contributed by atoms with E-state index < -0.39 is 0 Å². The van der Waals surface area contributed by atoms with Crippen LogP contribution >= 0.6 is 0 Å². The van der Waals surface area contributed by atoms with Crippen LogP contribution in [0.1, 0.15) is 19.4 Å². The predicted molar refractivity (Wildman–Crippen MR) is 105 cm³/mol. The van der Waals surface area contributed by atoms with Crippen LogP contribution in [0.25, 0.3) is 17.1 Å². The summed E-state index contributed by atoms with van der Waals surface area (Å²) in [5.74, 6) is 1.04. The summed E-state index contributed by atoms with van der Waals surface area (Å²) in [7, 11) is 0. The lowest BCUT2D eigenvalue weighted by atomic mass is 10.2. The predicted octanol–water partition coefficient (Wildman–Crippen LogP) is 3.31. The van der Waals surface area contributed by atoms with Crippen molar-refractivity contribution in [1.82, 2.24) is 9.97 Å². The number of H-pyrrole nitrogens is 2. The van der Waals surface area contributed by atoms with Gasteiger partial charge in [0.05, 0.1) is 24.2 Å². The van der Waals surface area contributed by atoms with Crippen molar-refractivity contribution in [3.63, 3.8) is 0 Å². The molecule has 0 aliphatic heterocycles. The highest BCUT2D eigenvalue weighted by atomic mass is 16.5. The molecule has 3 N–H and O–H groups in total. The highest BCUT2D eigenvalue weighted by Gasteiger charge is 2.06. The van der Waals surface area contributed by atoms with Crippen molar-refractivity contribution in [2.75, 3.05) is 18.5 Å². The number of amides is 1. The zero-order valence-corrected chi connectivity index (χ0v) is 15.2. The standard InChI is InChI=1S/C20H21N3O4/c1-3-26-17-9-5-13(11-18(17)27-4-2)6-10-19(24)21-14-7-8-15-16(12-14)23-20(25)22-15/h5-12H,3-4H2,1-2H3,(H,21,24)(H2,22,23,25)/b10-6+. The van der Waals surface area contributed by atoms with Crippen LogP contribution in [0.4, 0.5) is 5.69 Å². The summed E-state index contributed by atoms with van der Waals surface area (Å²) in [6.07, 6.45) is 3.14. The Morgan fingerprint density at radius 3 is 2.52 bits per heavy atom. The van der Waals surface area contributed by atoms with Crippen LogP contribution in [0.3, 0.4) is 0 Å². The number of hydrogen-bond donors (Lipinski definition) is 3. The molecule has 0 spiro atoms. The number of aromatic amines is 2. The number of carbonyl (C=O) groups is 1.